The smallest absolute Gasteiger partial charge is 0.270 e. The number of fused-ring (bicyclic) bond motifs is 3. The molecule has 282 valence electrons. The maximum absolute atomic E-state index is 14.7. The van der Waals surface area contributed by atoms with Crippen molar-refractivity contribution in [2.75, 3.05) is 6.54 Å². The van der Waals surface area contributed by atoms with Crippen molar-refractivity contribution in [1.29, 1.82) is 0 Å². The Labute approximate surface area is 306 Å². The maximum Gasteiger partial charge on any atom is 0.270 e. The van der Waals surface area contributed by atoms with Gasteiger partial charge in [-0.3, -0.25) is 28.6 Å². The predicted molar refractivity (Wildman–Crippen MR) is 189 cm³/mol. The molecule has 4 heterocycles. The topological polar surface area (TPSA) is 195 Å². The van der Waals surface area contributed by atoms with Gasteiger partial charge in [-0.25, -0.2) is 22.8 Å². The van der Waals surface area contributed by atoms with Gasteiger partial charge in [0.1, 0.15) is 40.6 Å². The Morgan fingerprint density at radius 3 is 2.62 bits per heavy atom. The van der Waals surface area contributed by atoms with E-state index in [1.165, 1.54) is 21.7 Å². The van der Waals surface area contributed by atoms with Gasteiger partial charge in [-0.05, 0) is 70.6 Å². The minimum absolute atomic E-state index is 0.00451. The number of carbonyl (C=O) groups excluding carboxylic acids is 4. The van der Waals surface area contributed by atoms with E-state index in [0.29, 0.717) is 49.0 Å². The van der Waals surface area contributed by atoms with Crippen LogP contribution in [0.15, 0.2) is 36.4 Å². The monoisotopic (exact) mass is 750 g/mol. The quantitative estimate of drug-likeness (QED) is 0.302. The summed E-state index contributed by atoms with van der Waals surface area (Å²) in [5, 5.41) is 9.31. The number of sulfonamides is 1. The summed E-state index contributed by atoms with van der Waals surface area (Å²) in [6.07, 6.45) is 7.11. The lowest BCUT2D eigenvalue weighted by Crippen LogP contribution is -2.58. The average Bonchev–Trinajstić information content (AvgIpc) is 4.00. The van der Waals surface area contributed by atoms with Gasteiger partial charge in [0, 0.05) is 19.4 Å². The van der Waals surface area contributed by atoms with Gasteiger partial charge in [0.15, 0.2) is 5.82 Å². The molecule has 1 unspecified atom stereocenters. The predicted octanol–water partition coefficient (Wildman–Crippen LogP) is 2.27. The van der Waals surface area contributed by atoms with E-state index in [1.54, 1.807) is 33.0 Å². The van der Waals surface area contributed by atoms with Gasteiger partial charge in [0.25, 0.3) is 11.8 Å². The highest BCUT2D eigenvalue weighted by Gasteiger charge is 2.62. The molecule has 3 aromatic rings. The van der Waals surface area contributed by atoms with Gasteiger partial charge in [-0.2, -0.15) is 5.10 Å². The summed E-state index contributed by atoms with van der Waals surface area (Å²) in [5.41, 5.74) is 0.0750. The van der Waals surface area contributed by atoms with Crippen molar-refractivity contribution < 1.29 is 36.7 Å². The lowest BCUT2D eigenvalue weighted by Gasteiger charge is -2.30. The number of para-hydroxylation sites is 1. The molecule has 3 N–H and O–H groups in total. The summed E-state index contributed by atoms with van der Waals surface area (Å²) >= 11 is 0. The first-order valence-corrected chi connectivity index (χ1v) is 19.6. The first-order valence-electron chi connectivity index (χ1n) is 18.0. The summed E-state index contributed by atoms with van der Waals surface area (Å²) in [4.78, 5) is 66.2. The third-order valence-corrected chi connectivity index (χ3v) is 12.3. The molecule has 1 aromatic carbocycles. The number of hydrogen-bond donors (Lipinski definition) is 3. The third-order valence-electron chi connectivity index (χ3n) is 10.4. The van der Waals surface area contributed by atoms with E-state index >= 15 is 0 Å². The van der Waals surface area contributed by atoms with Crippen molar-refractivity contribution in [3.63, 3.8) is 0 Å². The summed E-state index contributed by atoms with van der Waals surface area (Å²) in [6.45, 7) is 3.31. The van der Waals surface area contributed by atoms with Crippen LogP contribution < -0.4 is 20.1 Å². The highest BCUT2D eigenvalue weighted by atomic mass is 32.2. The molecule has 2 saturated carbocycles. The molecule has 7 rings (SSSR count). The van der Waals surface area contributed by atoms with E-state index < -0.39 is 74.4 Å². The van der Waals surface area contributed by atoms with Gasteiger partial charge in [0.2, 0.25) is 27.7 Å². The Morgan fingerprint density at radius 1 is 1.09 bits per heavy atom. The van der Waals surface area contributed by atoms with Crippen LogP contribution in [-0.4, -0.2) is 92.2 Å². The molecular formula is C36H43FN8O7S. The summed E-state index contributed by atoms with van der Waals surface area (Å²) < 4.78 is 50.2. The number of nitrogens with one attached hydrogen (secondary N) is 3. The Balaban J connectivity index is 1.20. The highest BCUT2D eigenvalue weighted by Crippen LogP contribution is 2.46. The van der Waals surface area contributed by atoms with Crippen LogP contribution in [0.25, 0.3) is 11.0 Å². The minimum Gasteiger partial charge on any atom is -0.471 e. The first kappa shape index (κ1) is 36.4. The maximum atomic E-state index is 14.7. The largest absolute Gasteiger partial charge is 0.471 e. The van der Waals surface area contributed by atoms with Crippen LogP contribution in [0.1, 0.15) is 79.7 Å². The number of nitrogens with zero attached hydrogens (tertiary/aromatic N) is 5. The van der Waals surface area contributed by atoms with E-state index in [0.717, 1.165) is 12.8 Å². The molecule has 2 aromatic heterocycles. The van der Waals surface area contributed by atoms with E-state index in [4.69, 9.17) is 4.74 Å². The number of allylic oxidation sites excluding steroid dienone is 1. The number of carbonyl (C=O) groups is 4. The molecular weight excluding hydrogens is 708 g/mol. The zero-order chi connectivity index (χ0) is 37.7. The zero-order valence-corrected chi connectivity index (χ0v) is 30.6. The molecule has 4 amide bonds. The summed E-state index contributed by atoms with van der Waals surface area (Å²) in [6, 6.07) is 3.84. The number of aromatic nitrogens is 4. The van der Waals surface area contributed by atoms with E-state index in [-0.39, 0.29) is 36.5 Å². The van der Waals surface area contributed by atoms with Gasteiger partial charge in [-0.15, -0.1) is 0 Å². The normalized spacial score (nSPS) is 27.1. The van der Waals surface area contributed by atoms with Crippen LogP contribution in [-0.2, 0) is 31.5 Å². The second kappa shape index (κ2) is 14.1. The van der Waals surface area contributed by atoms with Gasteiger partial charge < -0.3 is 20.3 Å². The van der Waals surface area contributed by atoms with E-state index in [1.807, 2.05) is 12.2 Å². The third kappa shape index (κ3) is 7.48. The molecule has 1 saturated heterocycles. The number of amides is 4. The van der Waals surface area contributed by atoms with Crippen LogP contribution in [0.4, 0.5) is 4.39 Å². The van der Waals surface area contributed by atoms with Crippen LogP contribution in [0.3, 0.4) is 0 Å². The van der Waals surface area contributed by atoms with Crippen molar-refractivity contribution >= 4 is 44.7 Å². The number of ether oxygens (including phenoxy) is 1. The van der Waals surface area contributed by atoms with Gasteiger partial charge in [0.05, 0.1) is 23.0 Å². The minimum atomic E-state index is -3.91. The second-order valence-corrected chi connectivity index (χ2v) is 16.5. The molecule has 0 spiro atoms. The highest BCUT2D eigenvalue weighted by molar-refractivity contribution is 7.91. The van der Waals surface area contributed by atoms with Gasteiger partial charge >= 0.3 is 0 Å². The summed E-state index contributed by atoms with van der Waals surface area (Å²) in [7, 11) is -2.28. The Morgan fingerprint density at radius 2 is 1.89 bits per heavy atom. The van der Waals surface area contributed by atoms with Crippen molar-refractivity contribution in [3.8, 4) is 5.88 Å². The molecule has 3 fully saturated rings. The second-order valence-electron chi connectivity index (χ2n) is 14.5. The van der Waals surface area contributed by atoms with E-state index in [2.05, 4.69) is 30.4 Å². The number of rotatable bonds is 7. The Hall–Kier alpha value is -4.93. The van der Waals surface area contributed by atoms with Crippen LogP contribution in [0, 0.1) is 25.6 Å². The lowest BCUT2D eigenvalue weighted by atomic mass is 10.0. The lowest BCUT2D eigenvalue weighted by molar-refractivity contribution is -0.141. The molecule has 0 bridgehead atoms. The first-order chi connectivity index (χ1) is 25.3. The van der Waals surface area contributed by atoms with E-state index in [9.17, 15) is 32.0 Å². The number of benzene rings is 1. The van der Waals surface area contributed by atoms with Crippen molar-refractivity contribution in [2.24, 2.45) is 13.0 Å². The Bertz CT molecular complexity index is 2120. The SMILES string of the molecule is Cc1cc(C(=O)N[C@H]2CCCCC/C=C\C3C[C@@]3(C(=O)NS(=O)(=O)C3CC3)NC(=O)[C@@H]3C[C@@H](Oc4nc5c(F)cccc5nc4C)CN3C2=O)n(C)n1. The fourth-order valence-electron chi connectivity index (χ4n) is 7.29. The Kier molecular flexibility index (Phi) is 9.72. The van der Waals surface area contributed by atoms with Crippen LogP contribution >= 0.6 is 0 Å². The molecule has 5 atom stereocenters. The van der Waals surface area contributed by atoms with Crippen molar-refractivity contribution in [2.45, 2.75) is 101 Å². The van der Waals surface area contributed by atoms with Crippen molar-refractivity contribution in [3.05, 3.63) is 59.3 Å². The zero-order valence-electron chi connectivity index (χ0n) is 29.8. The van der Waals surface area contributed by atoms with Crippen molar-refractivity contribution in [1.82, 2.24) is 40.0 Å². The fourth-order valence-corrected chi connectivity index (χ4v) is 8.65. The molecule has 2 aliphatic carbocycles. The van der Waals surface area contributed by atoms with Crippen LogP contribution in [0.5, 0.6) is 5.88 Å². The number of aryl methyl sites for hydroxylation is 3. The molecule has 17 heteroatoms. The molecule has 15 nitrogen and oxygen atoms in total. The molecule has 4 aliphatic rings. The fraction of sp³-hybridized carbons (Fsp3) is 0.528. The van der Waals surface area contributed by atoms with Crippen LogP contribution in [0.2, 0.25) is 0 Å². The van der Waals surface area contributed by atoms with Gasteiger partial charge in [-0.1, -0.05) is 31.1 Å². The summed E-state index contributed by atoms with van der Waals surface area (Å²) in [5.74, 6) is -3.52. The molecule has 2 aliphatic heterocycles. The number of halogens is 1. The standard InChI is InChI=1S/C36H43FN8O7S/c1-20-16-28(44(3)42-20)31(46)39-27-12-8-6-4-5-7-10-22-18-36(22,35(49)43-53(50,51)24-14-15-24)41-32(47)29-17-23(19-45(29)34(27)48)52-33-21(2)38-26-13-9-11-25(37)30(26)40-33/h7,9-11,13,16,22-24,27,29H,4-6,8,12,14-15,17-19H2,1-3H3,(H,39,46)(H,41,47)(H,43,49)/b10-7-/t22?,23-,27+,29+,36-/m1/s1. The average molecular weight is 751 g/mol. The molecule has 0 radical (unpaired) electrons. The number of hydrogen-bond acceptors (Lipinski definition) is 10. The molecule has 53 heavy (non-hydrogen) atoms.